The second-order valence-electron chi connectivity index (χ2n) is 5.65. The van der Waals surface area contributed by atoms with Gasteiger partial charge in [-0.25, -0.2) is 4.98 Å². The highest BCUT2D eigenvalue weighted by Crippen LogP contribution is 2.25. The quantitative estimate of drug-likeness (QED) is 0.941. The van der Waals surface area contributed by atoms with Crippen LogP contribution in [0.1, 0.15) is 17.0 Å². The van der Waals surface area contributed by atoms with E-state index in [9.17, 15) is 4.79 Å². The fourth-order valence-corrected chi connectivity index (χ4v) is 2.99. The highest BCUT2D eigenvalue weighted by molar-refractivity contribution is 6.30. The van der Waals surface area contributed by atoms with Crippen molar-refractivity contribution in [1.82, 2.24) is 14.9 Å². The zero-order valence-corrected chi connectivity index (χ0v) is 13.3. The van der Waals surface area contributed by atoms with Gasteiger partial charge in [-0.15, -0.1) is 0 Å². The smallest absolute Gasteiger partial charge is 0.287 e. The Kier molecular flexibility index (Phi) is 4.34. The SMILES string of the molecule is Cn1ccnc1C(=O)NCC1CCN(c2cccc(Cl)c2)C1. The van der Waals surface area contributed by atoms with E-state index in [-0.39, 0.29) is 5.91 Å². The minimum atomic E-state index is -0.117. The van der Waals surface area contributed by atoms with E-state index in [2.05, 4.69) is 21.3 Å². The van der Waals surface area contributed by atoms with E-state index < -0.39 is 0 Å². The Morgan fingerprint density at radius 1 is 1.50 bits per heavy atom. The van der Waals surface area contributed by atoms with E-state index in [0.717, 1.165) is 30.2 Å². The average Bonchev–Trinajstić information content (AvgIpc) is 3.14. The summed E-state index contributed by atoms with van der Waals surface area (Å²) in [6, 6.07) is 7.90. The molecular weight excluding hydrogens is 300 g/mol. The molecule has 0 bridgehead atoms. The number of nitrogens with one attached hydrogen (secondary N) is 1. The molecule has 0 spiro atoms. The maximum atomic E-state index is 12.1. The van der Waals surface area contributed by atoms with Crippen LogP contribution in [0.15, 0.2) is 36.7 Å². The van der Waals surface area contributed by atoms with Crippen molar-refractivity contribution < 1.29 is 4.79 Å². The molecule has 1 N–H and O–H groups in total. The number of rotatable bonds is 4. The van der Waals surface area contributed by atoms with Crippen molar-refractivity contribution in [3.05, 3.63) is 47.5 Å². The van der Waals surface area contributed by atoms with Crippen molar-refractivity contribution in [1.29, 1.82) is 0 Å². The van der Waals surface area contributed by atoms with E-state index >= 15 is 0 Å². The van der Waals surface area contributed by atoms with E-state index in [4.69, 9.17) is 11.6 Å². The topological polar surface area (TPSA) is 50.2 Å². The van der Waals surface area contributed by atoms with Gasteiger partial charge in [-0.3, -0.25) is 4.79 Å². The van der Waals surface area contributed by atoms with Gasteiger partial charge in [0.2, 0.25) is 0 Å². The van der Waals surface area contributed by atoms with Crippen LogP contribution in [-0.4, -0.2) is 35.1 Å². The number of imidazole rings is 1. The van der Waals surface area contributed by atoms with Crippen LogP contribution >= 0.6 is 11.6 Å². The van der Waals surface area contributed by atoms with Gasteiger partial charge in [0, 0.05) is 49.8 Å². The minimum absolute atomic E-state index is 0.117. The number of hydrogen-bond acceptors (Lipinski definition) is 3. The van der Waals surface area contributed by atoms with Crippen molar-refractivity contribution >= 4 is 23.2 Å². The van der Waals surface area contributed by atoms with Gasteiger partial charge >= 0.3 is 0 Å². The molecule has 0 aliphatic carbocycles. The molecule has 22 heavy (non-hydrogen) atoms. The molecule has 1 aromatic heterocycles. The zero-order valence-electron chi connectivity index (χ0n) is 12.5. The zero-order chi connectivity index (χ0) is 15.5. The number of benzene rings is 1. The first kappa shape index (κ1) is 14.9. The van der Waals surface area contributed by atoms with Gasteiger partial charge in [0.05, 0.1) is 0 Å². The van der Waals surface area contributed by atoms with Gasteiger partial charge in [-0.2, -0.15) is 0 Å². The molecular formula is C16H19ClN4O. The summed E-state index contributed by atoms with van der Waals surface area (Å²) >= 11 is 6.04. The van der Waals surface area contributed by atoms with E-state index in [1.165, 1.54) is 0 Å². The summed E-state index contributed by atoms with van der Waals surface area (Å²) in [7, 11) is 1.82. The number of aromatic nitrogens is 2. The molecule has 0 saturated carbocycles. The van der Waals surface area contributed by atoms with Crippen molar-refractivity contribution in [3.63, 3.8) is 0 Å². The van der Waals surface area contributed by atoms with E-state index in [1.807, 2.05) is 25.2 Å². The predicted octanol–water partition coefficient (Wildman–Crippen LogP) is 2.33. The lowest BCUT2D eigenvalue weighted by Gasteiger charge is -2.19. The molecule has 1 fully saturated rings. The number of nitrogens with zero attached hydrogens (tertiary/aromatic N) is 3. The Morgan fingerprint density at radius 2 is 2.36 bits per heavy atom. The van der Waals surface area contributed by atoms with Crippen LogP contribution in [0.5, 0.6) is 0 Å². The lowest BCUT2D eigenvalue weighted by atomic mass is 10.1. The van der Waals surface area contributed by atoms with Crippen molar-refractivity contribution in [2.24, 2.45) is 13.0 Å². The number of hydrogen-bond donors (Lipinski definition) is 1. The minimum Gasteiger partial charge on any atom is -0.371 e. The number of halogens is 1. The van der Waals surface area contributed by atoms with Crippen molar-refractivity contribution in [2.45, 2.75) is 6.42 Å². The van der Waals surface area contributed by atoms with Gasteiger partial charge in [0.25, 0.3) is 5.91 Å². The summed E-state index contributed by atoms with van der Waals surface area (Å²) in [4.78, 5) is 18.4. The third kappa shape index (κ3) is 3.25. The van der Waals surface area contributed by atoms with Gasteiger partial charge in [-0.1, -0.05) is 17.7 Å². The van der Waals surface area contributed by atoms with Gasteiger partial charge in [0.15, 0.2) is 5.82 Å². The summed E-state index contributed by atoms with van der Waals surface area (Å²) in [6.07, 6.45) is 4.46. The largest absolute Gasteiger partial charge is 0.371 e. The first-order valence-electron chi connectivity index (χ1n) is 7.39. The van der Waals surface area contributed by atoms with Crippen LogP contribution in [0, 0.1) is 5.92 Å². The van der Waals surface area contributed by atoms with Crippen molar-refractivity contribution in [3.8, 4) is 0 Å². The highest BCUT2D eigenvalue weighted by atomic mass is 35.5. The fourth-order valence-electron chi connectivity index (χ4n) is 2.81. The maximum Gasteiger partial charge on any atom is 0.287 e. The Morgan fingerprint density at radius 3 is 3.09 bits per heavy atom. The third-order valence-electron chi connectivity index (χ3n) is 4.03. The standard InChI is InChI=1S/C16H19ClN4O/c1-20-8-6-18-15(20)16(22)19-10-12-5-7-21(11-12)14-4-2-3-13(17)9-14/h2-4,6,8-9,12H,5,7,10-11H2,1H3,(H,19,22). The van der Waals surface area contributed by atoms with Gasteiger partial charge in [-0.05, 0) is 30.5 Å². The van der Waals surface area contributed by atoms with Crippen LogP contribution in [0.3, 0.4) is 0 Å². The molecule has 1 saturated heterocycles. The monoisotopic (exact) mass is 318 g/mol. The summed E-state index contributed by atoms with van der Waals surface area (Å²) in [5, 5.41) is 3.73. The molecule has 116 valence electrons. The Hall–Kier alpha value is -2.01. The molecule has 3 rings (SSSR count). The second kappa shape index (κ2) is 6.40. The number of amides is 1. The van der Waals surface area contributed by atoms with E-state index in [0.29, 0.717) is 18.3 Å². The highest BCUT2D eigenvalue weighted by Gasteiger charge is 2.23. The normalized spacial score (nSPS) is 17.7. The molecule has 6 heteroatoms. The number of carbonyl (C=O) groups excluding carboxylic acids is 1. The molecule has 2 heterocycles. The summed E-state index contributed by atoms with van der Waals surface area (Å²) in [5.74, 6) is 0.779. The first-order chi connectivity index (χ1) is 10.6. The fraction of sp³-hybridized carbons (Fsp3) is 0.375. The third-order valence-corrected chi connectivity index (χ3v) is 4.27. The average molecular weight is 319 g/mol. The molecule has 0 radical (unpaired) electrons. The molecule has 1 aromatic carbocycles. The Bertz CT molecular complexity index is 670. The summed E-state index contributed by atoms with van der Waals surface area (Å²) < 4.78 is 1.72. The van der Waals surface area contributed by atoms with Gasteiger partial charge in [0.1, 0.15) is 0 Å². The molecule has 1 amide bonds. The van der Waals surface area contributed by atoms with Crippen LogP contribution in [0.2, 0.25) is 5.02 Å². The number of carbonyl (C=O) groups is 1. The second-order valence-corrected chi connectivity index (χ2v) is 6.09. The Labute approximate surface area is 134 Å². The molecule has 1 unspecified atom stereocenters. The summed E-state index contributed by atoms with van der Waals surface area (Å²) in [6.45, 7) is 2.59. The van der Waals surface area contributed by atoms with Crippen molar-refractivity contribution in [2.75, 3.05) is 24.5 Å². The van der Waals surface area contributed by atoms with Crippen LogP contribution < -0.4 is 10.2 Å². The molecule has 2 aromatic rings. The molecule has 1 aliphatic rings. The first-order valence-corrected chi connectivity index (χ1v) is 7.77. The van der Waals surface area contributed by atoms with Crippen LogP contribution in [0.25, 0.3) is 0 Å². The Balaban J connectivity index is 1.53. The lowest BCUT2D eigenvalue weighted by molar-refractivity contribution is 0.0935. The predicted molar refractivity (Wildman–Crippen MR) is 87.3 cm³/mol. The molecule has 1 atom stereocenters. The maximum absolute atomic E-state index is 12.1. The molecule has 1 aliphatic heterocycles. The molecule has 5 nitrogen and oxygen atoms in total. The van der Waals surface area contributed by atoms with Gasteiger partial charge < -0.3 is 14.8 Å². The summed E-state index contributed by atoms with van der Waals surface area (Å²) in [5.41, 5.74) is 1.14. The van der Waals surface area contributed by atoms with Crippen LogP contribution in [-0.2, 0) is 7.05 Å². The van der Waals surface area contributed by atoms with E-state index in [1.54, 1.807) is 17.0 Å². The number of anilines is 1. The number of aryl methyl sites for hydroxylation is 1. The van der Waals surface area contributed by atoms with Crippen LogP contribution in [0.4, 0.5) is 5.69 Å². The lowest BCUT2D eigenvalue weighted by Crippen LogP contribution is -2.32.